The summed E-state index contributed by atoms with van der Waals surface area (Å²) in [6.45, 7) is 4.66. The number of carbonyl (C=O) groups is 2. The molecule has 3 rings (SSSR count). The number of para-hydroxylation sites is 2. The topological polar surface area (TPSA) is 58.6 Å². The summed E-state index contributed by atoms with van der Waals surface area (Å²) in [6, 6.07) is 14.7. The molecule has 0 heterocycles. The lowest BCUT2D eigenvalue weighted by Crippen LogP contribution is -2.38. The van der Waals surface area contributed by atoms with E-state index in [9.17, 15) is 9.59 Å². The molecule has 0 radical (unpaired) electrons. The van der Waals surface area contributed by atoms with E-state index in [-0.39, 0.29) is 17.9 Å². The van der Waals surface area contributed by atoms with Crippen LogP contribution in [0.25, 0.3) is 0 Å². The molecule has 5 nitrogen and oxygen atoms in total. The first kappa shape index (κ1) is 21.9. The van der Waals surface area contributed by atoms with Crippen LogP contribution in [0.3, 0.4) is 0 Å². The van der Waals surface area contributed by atoms with Crippen molar-refractivity contribution in [2.45, 2.75) is 52.0 Å². The first-order chi connectivity index (χ1) is 14.5. The Morgan fingerprint density at radius 1 is 1.00 bits per heavy atom. The quantitative estimate of drug-likeness (QED) is 0.669. The van der Waals surface area contributed by atoms with Gasteiger partial charge >= 0.3 is 0 Å². The highest BCUT2D eigenvalue weighted by Gasteiger charge is 2.25. The normalized spacial score (nSPS) is 14.4. The lowest BCUT2D eigenvalue weighted by Gasteiger charge is -2.31. The van der Waals surface area contributed by atoms with Gasteiger partial charge in [-0.15, -0.1) is 0 Å². The molecule has 0 atom stereocenters. The standard InChI is InChI=1S/C25H32N2O3/c1-18(2)17-30-23-16-10-8-14-21(23)24(28)26-22-15-9-7-13-20(22)25(29)27(3)19-11-5-4-6-12-19/h7-10,13-16,18-19H,4-6,11-12,17H2,1-3H3,(H,26,28). The van der Waals surface area contributed by atoms with Gasteiger partial charge in [-0.2, -0.15) is 0 Å². The predicted molar refractivity (Wildman–Crippen MR) is 120 cm³/mol. The lowest BCUT2D eigenvalue weighted by molar-refractivity contribution is 0.0697. The first-order valence-corrected chi connectivity index (χ1v) is 10.9. The van der Waals surface area contributed by atoms with Gasteiger partial charge in [-0.25, -0.2) is 0 Å². The average Bonchev–Trinajstić information content (AvgIpc) is 2.77. The highest BCUT2D eigenvalue weighted by Crippen LogP contribution is 2.26. The highest BCUT2D eigenvalue weighted by atomic mass is 16.5. The van der Waals surface area contributed by atoms with Gasteiger partial charge in [0.2, 0.25) is 0 Å². The second-order valence-electron chi connectivity index (χ2n) is 8.41. The van der Waals surface area contributed by atoms with E-state index >= 15 is 0 Å². The van der Waals surface area contributed by atoms with Gasteiger partial charge in [-0.3, -0.25) is 9.59 Å². The number of hydrogen-bond donors (Lipinski definition) is 1. The minimum absolute atomic E-state index is 0.0536. The number of ether oxygens (including phenoxy) is 1. The summed E-state index contributed by atoms with van der Waals surface area (Å²) in [5.41, 5.74) is 1.49. The summed E-state index contributed by atoms with van der Waals surface area (Å²) >= 11 is 0. The summed E-state index contributed by atoms with van der Waals surface area (Å²) in [5, 5.41) is 2.93. The Kier molecular flexibility index (Phi) is 7.50. The van der Waals surface area contributed by atoms with Crippen molar-refractivity contribution in [2.24, 2.45) is 5.92 Å². The van der Waals surface area contributed by atoms with E-state index in [0.717, 1.165) is 25.7 Å². The van der Waals surface area contributed by atoms with Crippen LogP contribution in [0.4, 0.5) is 5.69 Å². The molecule has 2 aromatic rings. The smallest absolute Gasteiger partial charge is 0.259 e. The van der Waals surface area contributed by atoms with Gasteiger partial charge in [-0.1, -0.05) is 57.4 Å². The van der Waals surface area contributed by atoms with Crippen LogP contribution >= 0.6 is 0 Å². The van der Waals surface area contributed by atoms with Crippen LogP contribution in [0.5, 0.6) is 5.75 Å². The average molecular weight is 409 g/mol. The summed E-state index contributed by atoms with van der Waals surface area (Å²) in [4.78, 5) is 28.0. The van der Waals surface area contributed by atoms with Gasteiger partial charge in [0.15, 0.2) is 0 Å². The van der Waals surface area contributed by atoms with E-state index in [2.05, 4.69) is 19.2 Å². The number of benzene rings is 2. The molecule has 1 aliphatic carbocycles. The Hall–Kier alpha value is -2.82. The second kappa shape index (κ2) is 10.3. The Morgan fingerprint density at radius 2 is 1.63 bits per heavy atom. The molecular weight excluding hydrogens is 376 g/mol. The molecule has 0 bridgehead atoms. The Morgan fingerprint density at radius 3 is 2.33 bits per heavy atom. The summed E-state index contributed by atoms with van der Waals surface area (Å²) in [5.74, 6) is 0.568. The molecule has 0 saturated heterocycles. The van der Waals surface area contributed by atoms with Crippen molar-refractivity contribution in [1.82, 2.24) is 4.90 Å². The minimum Gasteiger partial charge on any atom is -0.492 e. The molecule has 30 heavy (non-hydrogen) atoms. The van der Waals surface area contributed by atoms with Crippen LogP contribution in [-0.2, 0) is 0 Å². The maximum absolute atomic E-state index is 13.2. The largest absolute Gasteiger partial charge is 0.492 e. The van der Waals surface area contributed by atoms with Crippen molar-refractivity contribution in [2.75, 3.05) is 19.0 Å². The Balaban J connectivity index is 1.78. The number of hydrogen-bond acceptors (Lipinski definition) is 3. The zero-order chi connectivity index (χ0) is 21.5. The molecule has 0 aliphatic heterocycles. The van der Waals surface area contributed by atoms with E-state index in [0.29, 0.717) is 35.1 Å². The fourth-order valence-corrected chi connectivity index (χ4v) is 3.83. The molecule has 0 aromatic heterocycles. The molecule has 0 spiro atoms. The van der Waals surface area contributed by atoms with Gasteiger partial charge in [0.1, 0.15) is 5.75 Å². The lowest BCUT2D eigenvalue weighted by atomic mass is 9.94. The fraction of sp³-hybridized carbons (Fsp3) is 0.440. The van der Waals surface area contributed by atoms with Crippen molar-refractivity contribution in [3.05, 3.63) is 59.7 Å². The number of nitrogens with zero attached hydrogens (tertiary/aromatic N) is 1. The SMILES string of the molecule is CC(C)COc1ccccc1C(=O)Nc1ccccc1C(=O)N(C)C1CCCCC1. The zero-order valence-electron chi connectivity index (χ0n) is 18.2. The Bertz CT molecular complexity index is 872. The third-order valence-corrected chi connectivity index (χ3v) is 5.55. The third-order valence-electron chi connectivity index (χ3n) is 5.55. The molecule has 1 N–H and O–H groups in total. The van der Waals surface area contributed by atoms with Crippen LogP contribution < -0.4 is 10.1 Å². The number of carbonyl (C=O) groups excluding carboxylic acids is 2. The third kappa shape index (κ3) is 5.41. The van der Waals surface area contributed by atoms with Crippen LogP contribution in [-0.4, -0.2) is 36.4 Å². The number of amides is 2. The van der Waals surface area contributed by atoms with Crippen LogP contribution in [0.2, 0.25) is 0 Å². The van der Waals surface area contributed by atoms with Gasteiger partial charge in [0, 0.05) is 13.1 Å². The molecule has 160 valence electrons. The van der Waals surface area contributed by atoms with Crippen LogP contribution in [0.1, 0.15) is 66.7 Å². The zero-order valence-corrected chi connectivity index (χ0v) is 18.2. The fourth-order valence-electron chi connectivity index (χ4n) is 3.83. The maximum Gasteiger partial charge on any atom is 0.259 e. The van der Waals surface area contributed by atoms with Crippen molar-refractivity contribution >= 4 is 17.5 Å². The van der Waals surface area contributed by atoms with Crippen molar-refractivity contribution in [3.8, 4) is 5.75 Å². The second-order valence-corrected chi connectivity index (χ2v) is 8.41. The van der Waals surface area contributed by atoms with E-state index in [1.807, 2.05) is 36.2 Å². The highest BCUT2D eigenvalue weighted by molar-refractivity contribution is 6.10. The van der Waals surface area contributed by atoms with Gasteiger partial charge in [0.25, 0.3) is 11.8 Å². The molecule has 1 saturated carbocycles. The molecular formula is C25H32N2O3. The summed E-state index contributed by atoms with van der Waals surface area (Å²) in [6.07, 6.45) is 5.64. The van der Waals surface area contributed by atoms with E-state index in [4.69, 9.17) is 4.74 Å². The van der Waals surface area contributed by atoms with Crippen LogP contribution in [0.15, 0.2) is 48.5 Å². The minimum atomic E-state index is -0.282. The van der Waals surface area contributed by atoms with E-state index in [1.54, 1.807) is 24.3 Å². The maximum atomic E-state index is 13.2. The van der Waals surface area contributed by atoms with Crippen molar-refractivity contribution < 1.29 is 14.3 Å². The molecule has 2 aromatic carbocycles. The molecule has 5 heteroatoms. The number of anilines is 1. The van der Waals surface area contributed by atoms with Crippen LogP contribution in [0, 0.1) is 5.92 Å². The molecule has 0 unspecified atom stereocenters. The van der Waals surface area contributed by atoms with E-state index in [1.165, 1.54) is 6.42 Å². The summed E-state index contributed by atoms with van der Waals surface area (Å²) < 4.78 is 5.82. The van der Waals surface area contributed by atoms with Crippen molar-refractivity contribution in [3.63, 3.8) is 0 Å². The predicted octanol–water partition coefficient (Wildman–Crippen LogP) is 5.38. The monoisotopic (exact) mass is 408 g/mol. The summed E-state index contributed by atoms with van der Waals surface area (Å²) in [7, 11) is 1.87. The molecule has 1 fully saturated rings. The van der Waals surface area contributed by atoms with Gasteiger partial charge < -0.3 is 15.0 Å². The van der Waals surface area contributed by atoms with Crippen molar-refractivity contribution in [1.29, 1.82) is 0 Å². The molecule has 2 amide bonds. The molecule has 1 aliphatic rings. The number of rotatable bonds is 7. The Labute approximate surface area is 179 Å². The van der Waals surface area contributed by atoms with Gasteiger partial charge in [0.05, 0.1) is 23.4 Å². The van der Waals surface area contributed by atoms with Gasteiger partial charge in [-0.05, 0) is 43.0 Å². The first-order valence-electron chi connectivity index (χ1n) is 10.9. The number of nitrogens with one attached hydrogen (secondary N) is 1. The van der Waals surface area contributed by atoms with E-state index < -0.39 is 0 Å².